The van der Waals surface area contributed by atoms with Gasteiger partial charge in [0, 0.05) is 45.2 Å². The minimum atomic E-state index is 0.0500. The van der Waals surface area contributed by atoms with Gasteiger partial charge in [0.05, 0.1) is 12.5 Å². The molecule has 1 aliphatic heterocycles. The third-order valence-corrected chi connectivity index (χ3v) is 4.33. The number of benzene rings is 1. The number of piperazine rings is 1. The normalized spacial score (nSPS) is 15.5. The first-order valence-corrected chi connectivity index (χ1v) is 9.05. The first kappa shape index (κ1) is 18.4. The lowest BCUT2D eigenvalue weighted by molar-refractivity contribution is -0.132. The number of amides is 1. The molecule has 0 radical (unpaired) electrons. The molecule has 26 heavy (non-hydrogen) atoms. The first-order valence-electron chi connectivity index (χ1n) is 9.05. The van der Waals surface area contributed by atoms with Gasteiger partial charge in [0.15, 0.2) is 5.82 Å². The summed E-state index contributed by atoms with van der Waals surface area (Å²) in [6.07, 6.45) is 0.349. The fourth-order valence-corrected chi connectivity index (χ4v) is 3.06. The van der Waals surface area contributed by atoms with Crippen LogP contribution >= 0.6 is 0 Å². The van der Waals surface area contributed by atoms with Crippen LogP contribution in [0.2, 0.25) is 0 Å². The lowest BCUT2D eigenvalue weighted by Crippen LogP contribution is -2.48. The Morgan fingerprint density at radius 2 is 1.96 bits per heavy atom. The van der Waals surface area contributed by atoms with Gasteiger partial charge in [0.2, 0.25) is 11.8 Å². The van der Waals surface area contributed by atoms with Crippen LogP contribution in [0, 0.1) is 6.92 Å². The zero-order valence-electron chi connectivity index (χ0n) is 15.6. The van der Waals surface area contributed by atoms with Gasteiger partial charge in [-0.25, -0.2) is 0 Å². The number of aryl methyl sites for hydroxylation is 1. The molecule has 0 saturated carbocycles. The highest BCUT2D eigenvalue weighted by Gasteiger charge is 2.23. The third-order valence-electron chi connectivity index (χ3n) is 4.33. The summed E-state index contributed by atoms with van der Waals surface area (Å²) in [5, 5.41) is 3.80. The maximum atomic E-state index is 12.4. The van der Waals surface area contributed by atoms with E-state index in [1.54, 1.807) is 6.92 Å². The molecule has 1 aromatic heterocycles. The number of hydrogen-bond acceptors (Lipinski definition) is 6. The van der Waals surface area contributed by atoms with E-state index in [0.29, 0.717) is 24.8 Å². The van der Waals surface area contributed by atoms with Gasteiger partial charge in [-0.3, -0.25) is 9.69 Å². The quantitative estimate of drug-likeness (QED) is 0.787. The molecule has 1 aromatic carbocycles. The van der Waals surface area contributed by atoms with Crippen molar-refractivity contribution < 1.29 is 14.1 Å². The number of nitrogens with zero attached hydrogens (tertiary/aromatic N) is 4. The molecule has 140 valence electrons. The Balaban J connectivity index is 1.52. The lowest BCUT2D eigenvalue weighted by atomic mass is 10.1. The van der Waals surface area contributed by atoms with Crippen LogP contribution in [-0.4, -0.2) is 58.1 Å². The summed E-state index contributed by atoms with van der Waals surface area (Å²) in [4.78, 5) is 20.7. The minimum absolute atomic E-state index is 0.0500. The van der Waals surface area contributed by atoms with Crippen molar-refractivity contribution in [2.45, 2.75) is 39.8 Å². The highest BCUT2D eigenvalue weighted by molar-refractivity contribution is 5.78. The zero-order chi connectivity index (χ0) is 18.5. The number of carbonyl (C=O) groups excluding carboxylic acids is 1. The van der Waals surface area contributed by atoms with Crippen LogP contribution in [0.5, 0.6) is 5.75 Å². The molecule has 0 spiro atoms. The van der Waals surface area contributed by atoms with Gasteiger partial charge in [-0.15, -0.1) is 0 Å². The van der Waals surface area contributed by atoms with E-state index in [2.05, 4.69) is 21.1 Å². The Morgan fingerprint density at radius 1 is 1.23 bits per heavy atom. The minimum Gasteiger partial charge on any atom is -0.491 e. The molecule has 3 rings (SSSR count). The maximum Gasteiger partial charge on any atom is 0.230 e. The van der Waals surface area contributed by atoms with Crippen molar-refractivity contribution in [3.63, 3.8) is 0 Å². The summed E-state index contributed by atoms with van der Waals surface area (Å²) in [6.45, 7) is 9.72. The Labute approximate surface area is 153 Å². The second-order valence-corrected chi connectivity index (χ2v) is 6.84. The fourth-order valence-electron chi connectivity index (χ4n) is 3.06. The van der Waals surface area contributed by atoms with E-state index in [4.69, 9.17) is 9.26 Å². The zero-order valence-corrected chi connectivity index (χ0v) is 15.6. The molecular weight excluding hydrogens is 332 g/mol. The molecule has 1 saturated heterocycles. The molecule has 0 atom stereocenters. The van der Waals surface area contributed by atoms with E-state index in [1.165, 1.54) is 5.56 Å². The van der Waals surface area contributed by atoms with Crippen molar-refractivity contribution in [1.82, 2.24) is 19.9 Å². The number of rotatable bonds is 6. The van der Waals surface area contributed by atoms with Crippen LogP contribution in [0.4, 0.5) is 0 Å². The molecule has 2 heterocycles. The van der Waals surface area contributed by atoms with Gasteiger partial charge < -0.3 is 14.2 Å². The van der Waals surface area contributed by atoms with E-state index in [-0.39, 0.29) is 18.4 Å². The van der Waals surface area contributed by atoms with Gasteiger partial charge in [-0.2, -0.15) is 4.98 Å². The molecule has 0 aliphatic carbocycles. The predicted octanol–water partition coefficient (Wildman–Crippen LogP) is 2.05. The molecule has 0 unspecified atom stereocenters. The smallest absolute Gasteiger partial charge is 0.230 e. The SMILES string of the molecule is Cc1nc(CC(=O)N2CCN(Cc3ccccc3OC(C)C)CC2)no1. The van der Waals surface area contributed by atoms with Crippen molar-refractivity contribution >= 4 is 5.91 Å². The topological polar surface area (TPSA) is 71.7 Å². The molecule has 1 fully saturated rings. The van der Waals surface area contributed by atoms with Gasteiger partial charge in [0.1, 0.15) is 5.75 Å². The van der Waals surface area contributed by atoms with Crippen molar-refractivity contribution in [1.29, 1.82) is 0 Å². The fraction of sp³-hybridized carbons (Fsp3) is 0.526. The van der Waals surface area contributed by atoms with Crippen LogP contribution in [-0.2, 0) is 17.8 Å². The molecule has 0 N–H and O–H groups in total. The number of para-hydroxylation sites is 1. The van der Waals surface area contributed by atoms with E-state index in [1.807, 2.05) is 36.9 Å². The maximum absolute atomic E-state index is 12.4. The summed E-state index contributed by atoms with van der Waals surface area (Å²) in [5.41, 5.74) is 1.18. The Hall–Kier alpha value is -2.41. The molecule has 7 nitrogen and oxygen atoms in total. The van der Waals surface area contributed by atoms with E-state index >= 15 is 0 Å². The van der Waals surface area contributed by atoms with Crippen molar-refractivity contribution in [3.05, 3.63) is 41.5 Å². The van der Waals surface area contributed by atoms with Gasteiger partial charge in [-0.1, -0.05) is 23.4 Å². The average molecular weight is 358 g/mol. The monoisotopic (exact) mass is 358 g/mol. The molecule has 7 heteroatoms. The number of hydrogen-bond donors (Lipinski definition) is 0. The Morgan fingerprint density at radius 3 is 2.62 bits per heavy atom. The van der Waals surface area contributed by atoms with E-state index < -0.39 is 0 Å². The van der Waals surface area contributed by atoms with Crippen LogP contribution in [0.1, 0.15) is 31.1 Å². The molecule has 1 aliphatic rings. The average Bonchev–Trinajstić information content (AvgIpc) is 3.01. The van der Waals surface area contributed by atoms with E-state index in [9.17, 15) is 4.79 Å². The molecular formula is C19H26N4O3. The van der Waals surface area contributed by atoms with Crippen LogP contribution in [0.25, 0.3) is 0 Å². The second-order valence-electron chi connectivity index (χ2n) is 6.84. The Bertz CT molecular complexity index is 736. The summed E-state index contributed by atoms with van der Waals surface area (Å²) in [6, 6.07) is 8.16. The number of carbonyl (C=O) groups is 1. The second kappa shape index (κ2) is 8.31. The molecule has 2 aromatic rings. The van der Waals surface area contributed by atoms with Crippen LogP contribution in [0.3, 0.4) is 0 Å². The lowest BCUT2D eigenvalue weighted by Gasteiger charge is -2.35. The third kappa shape index (κ3) is 4.82. The van der Waals surface area contributed by atoms with E-state index in [0.717, 1.165) is 25.4 Å². The highest BCUT2D eigenvalue weighted by Crippen LogP contribution is 2.21. The van der Waals surface area contributed by atoms with Crippen molar-refractivity contribution in [2.75, 3.05) is 26.2 Å². The van der Waals surface area contributed by atoms with Gasteiger partial charge >= 0.3 is 0 Å². The first-order chi connectivity index (χ1) is 12.5. The number of aromatic nitrogens is 2. The Kier molecular flexibility index (Phi) is 5.88. The highest BCUT2D eigenvalue weighted by atomic mass is 16.5. The molecule has 0 bridgehead atoms. The van der Waals surface area contributed by atoms with Gasteiger partial charge in [0.25, 0.3) is 0 Å². The summed E-state index contributed by atoms with van der Waals surface area (Å²) in [7, 11) is 0. The van der Waals surface area contributed by atoms with Crippen molar-refractivity contribution in [2.24, 2.45) is 0 Å². The summed E-state index contributed by atoms with van der Waals surface area (Å²) in [5.74, 6) is 1.93. The summed E-state index contributed by atoms with van der Waals surface area (Å²) < 4.78 is 10.8. The number of ether oxygens (including phenoxy) is 1. The largest absolute Gasteiger partial charge is 0.491 e. The summed E-state index contributed by atoms with van der Waals surface area (Å²) >= 11 is 0. The molecule has 1 amide bonds. The van der Waals surface area contributed by atoms with Crippen molar-refractivity contribution in [3.8, 4) is 5.75 Å². The predicted molar refractivity (Wildman–Crippen MR) is 96.8 cm³/mol. The van der Waals surface area contributed by atoms with Crippen LogP contribution in [0.15, 0.2) is 28.8 Å². The van der Waals surface area contributed by atoms with Gasteiger partial charge in [-0.05, 0) is 19.9 Å². The standard InChI is InChI=1S/C19H26N4O3/c1-14(2)25-17-7-5-4-6-16(17)13-22-8-10-23(11-9-22)19(24)12-18-20-15(3)26-21-18/h4-7,14H,8-13H2,1-3H3. The van der Waals surface area contributed by atoms with Crippen LogP contribution < -0.4 is 4.74 Å².